The second-order valence-corrected chi connectivity index (χ2v) is 18.5. The predicted molar refractivity (Wildman–Crippen MR) is 85.5 cm³/mol. The summed E-state index contributed by atoms with van der Waals surface area (Å²) in [5.41, 5.74) is 0. The van der Waals surface area contributed by atoms with Crippen LogP contribution in [0.15, 0.2) is 0 Å². The van der Waals surface area contributed by atoms with Crippen LogP contribution in [0.25, 0.3) is 0 Å². The minimum atomic E-state index is -1.24. The zero-order valence-corrected chi connectivity index (χ0v) is 18.1. The molecule has 0 nitrogen and oxygen atoms in total. The molecule has 0 spiro atoms. The second kappa shape index (κ2) is 11.7. The van der Waals surface area contributed by atoms with E-state index in [-0.39, 0.29) is 19.5 Å². The van der Waals surface area contributed by atoms with Crippen LogP contribution in [0.4, 0.5) is 0 Å². The van der Waals surface area contributed by atoms with Gasteiger partial charge in [-0.1, -0.05) is 27.7 Å². The van der Waals surface area contributed by atoms with E-state index in [0.29, 0.717) is 0 Å². The van der Waals surface area contributed by atoms with Crippen molar-refractivity contribution in [2.45, 2.75) is 27.7 Å². The van der Waals surface area contributed by atoms with E-state index < -0.39 is 10.5 Å². The van der Waals surface area contributed by atoms with Crippen molar-refractivity contribution in [3.8, 4) is 0 Å². The third-order valence-corrected chi connectivity index (χ3v) is 12.0. The van der Waals surface area contributed by atoms with Crippen LogP contribution < -0.4 is 0 Å². The standard InChI is InChI=1S/2C4H11PS2.Zn/c2*1-3-5(6,7)4-2;/h2*3-4H2,1-2H3,(H,6,7);/q;;+2/p-2. The summed E-state index contributed by atoms with van der Waals surface area (Å²) in [7, 11) is 0. The smallest absolute Gasteiger partial charge is 0.746 e. The Bertz CT molecular complexity index is 193. The average Bonchev–Trinajstić information content (AvgIpc) is 2.19. The average molecular weight is 372 g/mol. The van der Waals surface area contributed by atoms with Crippen molar-refractivity contribution >= 4 is 58.6 Å². The molecule has 0 heterocycles. The van der Waals surface area contributed by atoms with Crippen LogP contribution in [0.5, 0.6) is 0 Å². The Morgan fingerprint density at radius 3 is 0.867 bits per heavy atom. The van der Waals surface area contributed by atoms with Crippen molar-refractivity contribution < 1.29 is 19.5 Å². The van der Waals surface area contributed by atoms with Gasteiger partial charge in [0.15, 0.2) is 0 Å². The van der Waals surface area contributed by atoms with E-state index in [1.54, 1.807) is 0 Å². The summed E-state index contributed by atoms with van der Waals surface area (Å²) in [6, 6.07) is 0. The molecule has 15 heavy (non-hydrogen) atoms. The molecular formula is C8H20P2S4Zn. The van der Waals surface area contributed by atoms with Crippen molar-refractivity contribution in [1.82, 2.24) is 0 Å². The van der Waals surface area contributed by atoms with Gasteiger partial charge in [-0.25, -0.2) is 0 Å². The van der Waals surface area contributed by atoms with Crippen LogP contribution in [-0.2, 0) is 67.6 Å². The van der Waals surface area contributed by atoms with Gasteiger partial charge in [0.1, 0.15) is 0 Å². The van der Waals surface area contributed by atoms with E-state index in [1.165, 1.54) is 0 Å². The van der Waals surface area contributed by atoms with Crippen molar-refractivity contribution in [1.29, 1.82) is 0 Å². The molecule has 0 fully saturated rings. The van der Waals surface area contributed by atoms with Crippen molar-refractivity contribution in [2.24, 2.45) is 0 Å². The maximum Gasteiger partial charge on any atom is 2.00 e. The van der Waals surface area contributed by atoms with Crippen molar-refractivity contribution in [3.63, 3.8) is 0 Å². The van der Waals surface area contributed by atoms with Crippen LogP contribution in [0.3, 0.4) is 0 Å². The molecule has 0 aliphatic carbocycles. The largest absolute Gasteiger partial charge is 2.00 e. The molecule has 0 saturated carbocycles. The van der Waals surface area contributed by atoms with E-state index >= 15 is 0 Å². The first-order valence-corrected chi connectivity index (χ1v) is 13.2. The van der Waals surface area contributed by atoms with Crippen LogP contribution in [0.2, 0.25) is 0 Å². The summed E-state index contributed by atoms with van der Waals surface area (Å²) in [5.74, 6) is 0. The Balaban J connectivity index is -0.000000180. The quantitative estimate of drug-likeness (QED) is 0.417. The third kappa shape index (κ3) is 16.6. The molecular weight excluding hydrogens is 352 g/mol. The normalized spacial score (nSPS) is 11.1. The summed E-state index contributed by atoms with van der Waals surface area (Å²) >= 11 is 20.3. The minimum absolute atomic E-state index is 0. The molecule has 0 aromatic carbocycles. The number of rotatable bonds is 4. The first-order chi connectivity index (χ1) is 6.24. The van der Waals surface area contributed by atoms with E-state index in [0.717, 1.165) is 24.6 Å². The zero-order valence-electron chi connectivity index (χ0n) is 10.1. The molecule has 0 amide bonds. The molecule has 0 aliphatic heterocycles. The van der Waals surface area contributed by atoms with E-state index in [1.807, 2.05) is 0 Å². The maximum atomic E-state index is 5.07. The summed E-state index contributed by atoms with van der Waals surface area (Å²) in [5, 5.41) is -2.48. The molecule has 0 bridgehead atoms. The molecule has 0 atom stereocenters. The van der Waals surface area contributed by atoms with E-state index in [4.69, 9.17) is 48.1 Å². The fraction of sp³-hybridized carbons (Fsp3) is 1.00. The van der Waals surface area contributed by atoms with Crippen molar-refractivity contribution in [2.75, 3.05) is 24.6 Å². The second-order valence-electron chi connectivity index (χ2n) is 2.89. The molecule has 0 rings (SSSR count). The monoisotopic (exact) mass is 370 g/mol. The van der Waals surface area contributed by atoms with Gasteiger partial charge in [-0.15, -0.1) is 23.6 Å². The Morgan fingerprint density at radius 1 is 0.733 bits per heavy atom. The summed E-state index contributed by atoms with van der Waals surface area (Å²) < 4.78 is 0. The topological polar surface area (TPSA) is 0 Å². The van der Waals surface area contributed by atoms with Gasteiger partial charge in [0.25, 0.3) is 0 Å². The van der Waals surface area contributed by atoms with Gasteiger partial charge < -0.3 is 24.5 Å². The van der Waals surface area contributed by atoms with E-state index in [2.05, 4.69) is 27.7 Å². The van der Waals surface area contributed by atoms with Gasteiger partial charge in [0, 0.05) is 0 Å². The zero-order chi connectivity index (χ0) is 11.8. The molecule has 0 radical (unpaired) electrons. The molecule has 0 saturated heterocycles. The SMILES string of the molecule is CCP(=S)([S-])CC.CCP(=S)([S-])CC.[Zn+2]. The molecule has 88 valence electrons. The molecule has 0 unspecified atom stereocenters. The first-order valence-electron chi connectivity index (χ1n) is 4.82. The molecule has 0 aliphatic rings. The fourth-order valence-electron chi connectivity index (χ4n) is 0.447. The summed E-state index contributed by atoms with van der Waals surface area (Å²) in [6.07, 6.45) is 4.14. The van der Waals surface area contributed by atoms with Gasteiger partial charge >= 0.3 is 19.5 Å². The Kier molecular flexibility index (Phi) is 17.8. The van der Waals surface area contributed by atoms with E-state index in [9.17, 15) is 0 Å². The van der Waals surface area contributed by atoms with Gasteiger partial charge in [-0.05, 0) is 24.6 Å². The maximum absolute atomic E-state index is 5.07. The Morgan fingerprint density at radius 2 is 0.867 bits per heavy atom. The van der Waals surface area contributed by atoms with Crippen LogP contribution in [-0.4, -0.2) is 24.6 Å². The van der Waals surface area contributed by atoms with Gasteiger partial charge in [-0.2, -0.15) is 10.5 Å². The molecule has 7 heteroatoms. The van der Waals surface area contributed by atoms with Crippen LogP contribution >= 0.6 is 10.5 Å². The van der Waals surface area contributed by atoms with Crippen molar-refractivity contribution in [3.05, 3.63) is 0 Å². The van der Waals surface area contributed by atoms with Gasteiger partial charge in [-0.3, -0.25) is 0 Å². The molecule has 0 N–H and O–H groups in total. The minimum Gasteiger partial charge on any atom is -0.746 e. The Labute approximate surface area is 129 Å². The van der Waals surface area contributed by atoms with Gasteiger partial charge in [0.05, 0.1) is 0 Å². The molecule has 0 aromatic heterocycles. The summed E-state index contributed by atoms with van der Waals surface area (Å²) in [4.78, 5) is 0. The van der Waals surface area contributed by atoms with Crippen LogP contribution in [0, 0.1) is 0 Å². The Hall–Kier alpha value is 2.62. The number of hydrogen-bond acceptors (Lipinski definition) is 4. The first kappa shape index (κ1) is 22.8. The van der Waals surface area contributed by atoms with Crippen LogP contribution in [0.1, 0.15) is 27.7 Å². The van der Waals surface area contributed by atoms with Gasteiger partial charge in [0.2, 0.25) is 0 Å². The molecule has 0 aromatic rings. The predicted octanol–water partition coefficient (Wildman–Crippen LogP) is 3.93. The number of hydrogen-bond donors (Lipinski definition) is 0. The fourth-order valence-corrected chi connectivity index (χ4v) is 1.34. The summed E-state index contributed by atoms with van der Waals surface area (Å²) in [6.45, 7) is 8.32. The third-order valence-electron chi connectivity index (χ3n) is 1.93.